The molecular formula is C21H22Cl2N2O3. The molecule has 0 radical (unpaired) electrons. The topological polar surface area (TPSA) is 67.4 Å². The zero-order valence-corrected chi connectivity index (χ0v) is 16.9. The minimum Gasteiger partial charge on any atom is -0.492 e. The number of benzene rings is 2. The number of carbonyl (C=O) groups is 2. The zero-order chi connectivity index (χ0) is 19.9. The Labute approximate surface area is 174 Å². The largest absolute Gasteiger partial charge is 0.492 e. The van der Waals surface area contributed by atoms with Crippen molar-refractivity contribution in [1.29, 1.82) is 0 Å². The number of fused-ring (bicyclic) bond motifs is 1. The van der Waals surface area contributed by atoms with Crippen molar-refractivity contribution < 1.29 is 14.3 Å². The molecule has 0 spiro atoms. The molecule has 0 aromatic heterocycles. The Morgan fingerprint density at radius 2 is 1.96 bits per heavy atom. The van der Waals surface area contributed by atoms with E-state index in [2.05, 4.69) is 10.6 Å². The van der Waals surface area contributed by atoms with Gasteiger partial charge in [0.25, 0.3) is 0 Å². The summed E-state index contributed by atoms with van der Waals surface area (Å²) in [7, 11) is 0. The second-order valence-corrected chi connectivity index (χ2v) is 7.48. The van der Waals surface area contributed by atoms with Gasteiger partial charge in [0.05, 0.1) is 16.6 Å². The number of nitrogens with one attached hydrogen (secondary N) is 2. The van der Waals surface area contributed by atoms with Gasteiger partial charge in [-0.15, -0.1) is 0 Å². The van der Waals surface area contributed by atoms with Crippen LogP contribution in [0.1, 0.15) is 30.4 Å². The molecule has 0 saturated carbocycles. The molecule has 0 aliphatic carbocycles. The van der Waals surface area contributed by atoms with Crippen LogP contribution in [0.3, 0.4) is 0 Å². The van der Waals surface area contributed by atoms with Crippen LogP contribution in [-0.2, 0) is 22.4 Å². The van der Waals surface area contributed by atoms with E-state index in [0.29, 0.717) is 42.5 Å². The van der Waals surface area contributed by atoms with Crippen LogP contribution in [0.2, 0.25) is 10.0 Å². The summed E-state index contributed by atoms with van der Waals surface area (Å²) in [6.45, 7) is 0.836. The van der Waals surface area contributed by atoms with Crippen LogP contribution < -0.4 is 15.4 Å². The molecule has 1 aliphatic heterocycles. The SMILES string of the molecule is O=C(CCCc1ccc(Cl)c(Cl)c1)NCCOc1ccc2c(c1)CCC(=O)N2. The maximum absolute atomic E-state index is 11.9. The third-order valence-corrected chi connectivity index (χ3v) is 5.26. The summed E-state index contributed by atoms with van der Waals surface area (Å²) < 4.78 is 5.69. The molecule has 0 bridgehead atoms. The van der Waals surface area contributed by atoms with E-state index in [0.717, 1.165) is 35.4 Å². The summed E-state index contributed by atoms with van der Waals surface area (Å²) in [6.07, 6.45) is 3.16. The molecule has 2 amide bonds. The molecule has 1 heterocycles. The van der Waals surface area contributed by atoms with E-state index in [1.807, 2.05) is 30.3 Å². The Bertz CT molecular complexity index is 871. The van der Waals surface area contributed by atoms with Crippen molar-refractivity contribution in [2.45, 2.75) is 32.1 Å². The first-order valence-electron chi connectivity index (χ1n) is 9.27. The lowest BCUT2D eigenvalue weighted by Crippen LogP contribution is -2.28. The minimum absolute atomic E-state index is 0.00295. The third-order valence-electron chi connectivity index (χ3n) is 4.52. The van der Waals surface area contributed by atoms with Gasteiger partial charge in [0.2, 0.25) is 11.8 Å². The molecule has 0 unspecified atom stereocenters. The van der Waals surface area contributed by atoms with Gasteiger partial charge in [0, 0.05) is 18.5 Å². The lowest BCUT2D eigenvalue weighted by atomic mass is 10.0. The minimum atomic E-state index is -0.00295. The molecule has 28 heavy (non-hydrogen) atoms. The Kier molecular flexibility index (Phi) is 7.18. The lowest BCUT2D eigenvalue weighted by Gasteiger charge is -2.17. The highest BCUT2D eigenvalue weighted by Gasteiger charge is 2.15. The molecule has 1 aliphatic rings. The molecule has 2 aromatic rings. The quantitative estimate of drug-likeness (QED) is 0.621. The van der Waals surface area contributed by atoms with E-state index in [-0.39, 0.29) is 11.8 Å². The normalized spacial score (nSPS) is 12.9. The number of amides is 2. The monoisotopic (exact) mass is 420 g/mol. The van der Waals surface area contributed by atoms with E-state index in [1.54, 1.807) is 6.07 Å². The molecule has 0 saturated heterocycles. The molecule has 2 aromatic carbocycles. The number of hydrogen-bond acceptors (Lipinski definition) is 3. The predicted molar refractivity (Wildman–Crippen MR) is 111 cm³/mol. The van der Waals surface area contributed by atoms with Crippen LogP contribution in [0.25, 0.3) is 0 Å². The van der Waals surface area contributed by atoms with Crippen LogP contribution in [-0.4, -0.2) is 25.0 Å². The van der Waals surface area contributed by atoms with Crippen molar-refractivity contribution in [1.82, 2.24) is 5.32 Å². The fourth-order valence-electron chi connectivity index (χ4n) is 3.05. The molecule has 5 nitrogen and oxygen atoms in total. The average Bonchev–Trinajstić information content (AvgIpc) is 2.68. The van der Waals surface area contributed by atoms with Gasteiger partial charge in [0.1, 0.15) is 12.4 Å². The molecule has 148 valence electrons. The fourth-order valence-corrected chi connectivity index (χ4v) is 3.37. The van der Waals surface area contributed by atoms with Gasteiger partial charge in [-0.05, 0) is 60.7 Å². The number of ether oxygens (including phenoxy) is 1. The van der Waals surface area contributed by atoms with Gasteiger partial charge in [-0.3, -0.25) is 9.59 Å². The number of anilines is 1. The summed E-state index contributed by atoms with van der Waals surface area (Å²) in [5.74, 6) is 0.781. The van der Waals surface area contributed by atoms with Crippen LogP contribution in [0.5, 0.6) is 5.75 Å². The van der Waals surface area contributed by atoms with Crippen molar-refractivity contribution in [2.24, 2.45) is 0 Å². The van der Waals surface area contributed by atoms with E-state index >= 15 is 0 Å². The Morgan fingerprint density at radius 1 is 1.11 bits per heavy atom. The molecule has 3 rings (SSSR count). The number of hydrogen-bond donors (Lipinski definition) is 2. The third kappa shape index (κ3) is 5.88. The number of halogens is 2. The van der Waals surface area contributed by atoms with Crippen molar-refractivity contribution in [3.63, 3.8) is 0 Å². The Hall–Kier alpha value is -2.24. The second kappa shape index (κ2) is 9.80. The average molecular weight is 421 g/mol. The fraction of sp³-hybridized carbons (Fsp3) is 0.333. The van der Waals surface area contributed by atoms with Gasteiger partial charge in [-0.1, -0.05) is 29.3 Å². The van der Waals surface area contributed by atoms with E-state index in [4.69, 9.17) is 27.9 Å². The highest BCUT2D eigenvalue weighted by atomic mass is 35.5. The lowest BCUT2D eigenvalue weighted by molar-refractivity contribution is -0.121. The van der Waals surface area contributed by atoms with Crippen LogP contribution in [0.15, 0.2) is 36.4 Å². The molecule has 0 fully saturated rings. The summed E-state index contributed by atoms with van der Waals surface area (Å²) in [6, 6.07) is 11.1. The van der Waals surface area contributed by atoms with E-state index < -0.39 is 0 Å². The van der Waals surface area contributed by atoms with Crippen molar-refractivity contribution >= 4 is 40.7 Å². The van der Waals surface area contributed by atoms with Gasteiger partial charge in [0.15, 0.2) is 0 Å². The molecule has 2 N–H and O–H groups in total. The molecular weight excluding hydrogens is 399 g/mol. The summed E-state index contributed by atoms with van der Waals surface area (Å²) in [5.41, 5.74) is 2.98. The highest BCUT2D eigenvalue weighted by Crippen LogP contribution is 2.26. The smallest absolute Gasteiger partial charge is 0.224 e. The number of aryl methyl sites for hydroxylation is 2. The maximum atomic E-state index is 11.9. The standard InChI is InChI=1S/C21H22Cl2N2O3/c22-17-7-4-14(12-18(17)23)2-1-3-20(26)24-10-11-28-16-6-8-19-15(13-16)5-9-21(27)25-19/h4,6-8,12-13H,1-3,5,9-11H2,(H,24,26)(H,25,27). The first kappa shape index (κ1) is 20.5. The Morgan fingerprint density at radius 3 is 2.79 bits per heavy atom. The second-order valence-electron chi connectivity index (χ2n) is 6.67. The summed E-state index contributed by atoms with van der Waals surface area (Å²) in [5, 5.41) is 6.77. The predicted octanol–water partition coefficient (Wildman–Crippen LogP) is 4.40. The van der Waals surface area contributed by atoms with E-state index in [1.165, 1.54) is 0 Å². The first-order chi connectivity index (χ1) is 13.5. The van der Waals surface area contributed by atoms with Crippen molar-refractivity contribution in [3.8, 4) is 5.75 Å². The number of carbonyl (C=O) groups excluding carboxylic acids is 2. The van der Waals surface area contributed by atoms with E-state index in [9.17, 15) is 9.59 Å². The van der Waals surface area contributed by atoms with Gasteiger partial charge in [-0.2, -0.15) is 0 Å². The molecule has 0 atom stereocenters. The maximum Gasteiger partial charge on any atom is 0.224 e. The Balaban J connectivity index is 1.33. The molecule has 7 heteroatoms. The highest BCUT2D eigenvalue weighted by molar-refractivity contribution is 6.42. The van der Waals surface area contributed by atoms with Crippen LogP contribution >= 0.6 is 23.2 Å². The van der Waals surface area contributed by atoms with Crippen LogP contribution in [0, 0.1) is 0 Å². The zero-order valence-electron chi connectivity index (χ0n) is 15.4. The summed E-state index contributed by atoms with van der Waals surface area (Å²) >= 11 is 11.9. The van der Waals surface area contributed by atoms with Crippen LogP contribution in [0.4, 0.5) is 5.69 Å². The van der Waals surface area contributed by atoms with Crippen molar-refractivity contribution in [2.75, 3.05) is 18.5 Å². The van der Waals surface area contributed by atoms with Gasteiger partial charge < -0.3 is 15.4 Å². The van der Waals surface area contributed by atoms with Gasteiger partial charge >= 0.3 is 0 Å². The van der Waals surface area contributed by atoms with Gasteiger partial charge in [-0.25, -0.2) is 0 Å². The summed E-state index contributed by atoms with van der Waals surface area (Å²) in [4.78, 5) is 23.3. The number of rotatable bonds is 8. The van der Waals surface area contributed by atoms with Crippen molar-refractivity contribution in [3.05, 3.63) is 57.6 Å². The first-order valence-corrected chi connectivity index (χ1v) is 10.0.